The zero-order valence-corrected chi connectivity index (χ0v) is 26.9. The fourth-order valence-corrected chi connectivity index (χ4v) is 11.2. The zero-order valence-electron chi connectivity index (χ0n) is 26.9. The van der Waals surface area contributed by atoms with Crippen LogP contribution in [0.4, 0.5) is 0 Å². The molecule has 4 heteroatoms. The second-order valence-electron chi connectivity index (χ2n) is 16.5. The van der Waals surface area contributed by atoms with Crippen LogP contribution >= 0.6 is 0 Å². The molecule has 0 radical (unpaired) electrons. The molecule has 1 aromatic heterocycles. The summed E-state index contributed by atoms with van der Waals surface area (Å²) in [5, 5.41) is 4.30. The van der Waals surface area contributed by atoms with Crippen molar-refractivity contribution < 1.29 is 14.0 Å². The lowest BCUT2D eigenvalue weighted by Gasteiger charge is -2.66. The van der Waals surface area contributed by atoms with E-state index in [1.165, 1.54) is 76.2 Å². The standard InChI is InChI=1S/C36H59NO3/c1-24(2)28-16-18-36(23-39-30-10-8-9-21-38-30)20-19-35(7)29(31(28)36)14-13-27-12-11-26-22-37-40-32(26)33(4,5)25(3)15-17-34(27,35)6/h22,24-25,27-31H,8-21,23H2,1-7H3/t25-,27-,28-,29+,30?,31+,34+,35+,36+/m0/s1. The van der Waals surface area contributed by atoms with E-state index < -0.39 is 0 Å². The van der Waals surface area contributed by atoms with Crippen LogP contribution in [0.1, 0.15) is 137 Å². The number of hydrogen-bond donors (Lipinski definition) is 0. The second-order valence-corrected chi connectivity index (χ2v) is 16.5. The highest BCUT2D eigenvalue weighted by Crippen LogP contribution is 2.72. The van der Waals surface area contributed by atoms with Crippen LogP contribution in [0, 0.1) is 51.8 Å². The Kier molecular flexibility index (Phi) is 7.81. The van der Waals surface area contributed by atoms with Gasteiger partial charge in [-0.3, -0.25) is 0 Å². The van der Waals surface area contributed by atoms with Crippen LogP contribution in [0.15, 0.2) is 10.7 Å². The third-order valence-electron chi connectivity index (χ3n) is 14.4. The molecular formula is C36H59NO3. The van der Waals surface area contributed by atoms with E-state index in [1.807, 2.05) is 6.20 Å². The van der Waals surface area contributed by atoms with Gasteiger partial charge in [-0.1, -0.05) is 53.6 Å². The summed E-state index contributed by atoms with van der Waals surface area (Å²) in [6.07, 6.45) is 18.9. The van der Waals surface area contributed by atoms with Crippen molar-refractivity contribution in [3.63, 3.8) is 0 Å². The molecule has 3 saturated carbocycles. The van der Waals surface area contributed by atoms with Gasteiger partial charge in [0.15, 0.2) is 6.29 Å². The molecule has 226 valence electrons. The Labute approximate surface area is 245 Å². The second kappa shape index (κ2) is 10.7. The SMILES string of the molecule is CC(C)[C@@H]1CC[C@]2(COC3CCCCO3)CC[C@]3(C)[C@H](CC[C@@H]4CCc5cnoc5C(C)(C)[C@@H](C)CC[C@]43C)[C@@H]12. The summed E-state index contributed by atoms with van der Waals surface area (Å²) in [4.78, 5) is 0. The topological polar surface area (TPSA) is 44.5 Å². The van der Waals surface area contributed by atoms with Gasteiger partial charge in [0, 0.05) is 17.6 Å². The molecule has 40 heavy (non-hydrogen) atoms. The van der Waals surface area contributed by atoms with E-state index in [0.29, 0.717) is 22.2 Å². The van der Waals surface area contributed by atoms with E-state index in [2.05, 4.69) is 53.6 Å². The third-order valence-corrected chi connectivity index (χ3v) is 14.4. The average molecular weight is 554 g/mol. The van der Waals surface area contributed by atoms with E-state index in [1.54, 1.807) is 0 Å². The van der Waals surface area contributed by atoms with Crippen molar-refractivity contribution in [2.24, 2.45) is 51.8 Å². The molecule has 2 heterocycles. The predicted molar refractivity (Wildman–Crippen MR) is 161 cm³/mol. The van der Waals surface area contributed by atoms with Crippen LogP contribution in [-0.4, -0.2) is 24.7 Å². The summed E-state index contributed by atoms with van der Waals surface area (Å²) in [5.41, 5.74) is 2.51. The number of nitrogens with zero attached hydrogens (tertiary/aromatic N) is 1. The Morgan fingerprint density at radius 3 is 2.50 bits per heavy atom. The van der Waals surface area contributed by atoms with Gasteiger partial charge in [-0.25, -0.2) is 0 Å². The molecule has 4 fully saturated rings. The number of ether oxygens (including phenoxy) is 2. The Hall–Kier alpha value is -0.870. The van der Waals surface area contributed by atoms with E-state index in [-0.39, 0.29) is 11.7 Å². The molecule has 9 atom stereocenters. The van der Waals surface area contributed by atoms with Crippen LogP contribution < -0.4 is 0 Å². The normalized spacial score (nSPS) is 45.3. The van der Waals surface area contributed by atoms with Gasteiger partial charge in [0.1, 0.15) is 5.76 Å². The fraction of sp³-hybridized carbons (Fsp3) is 0.917. The van der Waals surface area contributed by atoms with Crippen LogP contribution in [0.3, 0.4) is 0 Å². The van der Waals surface area contributed by atoms with Crippen molar-refractivity contribution in [3.05, 3.63) is 17.5 Å². The lowest BCUT2D eigenvalue weighted by Crippen LogP contribution is -2.60. The van der Waals surface area contributed by atoms with E-state index in [4.69, 9.17) is 14.0 Å². The molecule has 0 N–H and O–H groups in total. The smallest absolute Gasteiger partial charge is 0.157 e. The Balaban J connectivity index is 1.31. The first-order valence-corrected chi connectivity index (χ1v) is 17.2. The molecule has 0 amide bonds. The molecule has 1 aromatic rings. The number of fused-ring (bicyclic) bond motifs is 6. The first kappa shape index (κ1) is 29.2. The minimum absolute atomic E-state index is 0.0262. The minimum Gasteiger partial charge on any atom is -0.361 e. The molecule has 0 aromatic carbocycles. The Morgan fingerprint density at radius 1 is 0.925 bits per heavy atom. The van der Waals surface area contributed by atoms with Gasteiger partial charge in [0.05, 0.1) is 12.8 Å². The van der Waals surface area contributed by atoms with Gasteiger partial charge in [0.25, 0.3) is 0 Å². The van der Waals surface area contributed by atoms with Gasteiger partial charge in [-0.05, 0) is 135 Å². The van der Waals surface area contributed by atoms with Crippen LogP contribution in [-0.2, 0) is 21.3 Å². The molecule has 1 saturated heterocycles. The van der Waals surface area contributed by atoms with Crippen molar-refractivity contribution in [2.75, 3.05) is 13.2 Å². The summed E-state index contributed by atoms with van der Waals surface area (Å²) in [6, 6.07) is 0. The van der Waals surface area contributed by atoms with E-state index in [0.717, 1.165) is 61.4 Å². The van der Waals surface area contributed by atoms with Crippen LogP contribution in [0.5, 0.6) is 0 Å². The molecule has 0 spiro atoms. The quantitative estimate of drug-likeness (QED) is 0.372. The summed E-state index contributed by atoms with van der Waals surface area (Å²) < 4.78 is 18.7. The zero-order chi connectivity index (χ0) is 28.3. The molecule has 0 bridgehead atoms. The predicted octanol–water partition coefficient (Wildman–Crippen LogP) is 9.36. The van der Waals surface area contributed by atoms with E-state index in [9.17, 15) is 0 Å². The summed E-state index contributed by atoms with van der Waals surface area (Å²) >= 11 is 0. The number of rotatable bonds is 4. The molecule has 5 aliphatic rings. The monoisotopic (exact) mass is 553 g/mol. The highest BCUT2D eigenvalue weighted by Gasteiger charge is 2.66. The Morgan fingerprint density at radius 2 is 1.75 bits per heavy atom. The summed E-state index contributed by atoms with van der Waals surface area (Å²) in [6.45, 7) is 19.6. The first-order valence-electron chi connectivity index (χ1n) is 17.2. The van der Waals surface area contributed by atoms with Crippen molar-refractivity contribution in [2.45, 2.75) is 144 Å². The lowest BCUT2D eigenvalue weighted by molar-refractivity contribution is -0.217. The highest BCUT2D eigenvalue weighted by molar-refractivity contribution is 5.24. The van der Waals surface area contributed by atoms with E-state index >= 15 is 0 Å². The third kappa shape index (κ3) is 4.56. The van der Waals surface area contributed by atoms with Crippen LogP contribution in [0.25, 0.3) is 0 Å². The van der Waals surface area contributed by atoms with Gasteiger partial charge in [-0.15, -0.1) is 0 Å². The van der Waals surface area contributed by atoms with Gasteiger partial charge < -0.3 is 14.0 Å². The number of aryl methyl sites for hydroxylation is 1. The maximum atomic E-state index is 6.69. The van der Waals surface area contributed by atoms with Crippen molar-refractivity contribution in [3.8, 4) is 0 Å². The number of aromatic nitrogens is 1. The number of hydrogen-bond acceptors (Lipinski definition) is 4. The van der Waals surface area contributed by atoms with Crippen molar-refractivity contribution in [1.82, 2.24) is 5.16 Å². The van der Waals surface area contributed by atoms with Crippen molar-refractivity contribution in [1.29, 1.82) is 0 Å². The Bertz CT molecular complexity index is 1020. The van der Waals surface area contributed by atoms with Gasteiger partial charge >= 0.3 is 0 Å². The van der Waals surface area contributed by atoms with Gasteiger partial charge in [0.2, 0.25) is 0 Å². The molecular weight excluding hydrogens is 494 g/mol. The summed E-state index contributed by atoms with van der Waals surface area (Å²) in [5.74, 6) is 5.69. The highest BCUT2D eigenvalue weighted by atomic mass is 16.7. The molecule has 4 nitrogen and oxygen atoms in total. The fourth-order valence-electron chi connectivity index (χ4n) is 11.2. The maximum absolute atomic E-state index is 6.69. The molecule has 6 rings (SSSR count). The lowest BCUT2D eigenvalue weighted by atomic mass is 9.38. The average Bonchev–Trinajstić information content (AvgIpc) is 3.57. The van der Waals surface area contributed by atoms with Crippen LogP contribution in [0.2, 0.25) is 0 Å². The largest absolute Gasteiger partial charge is 0.361 e. The minimum atomic E-state index is 0.0262. The van der Waals surface area contributed by atoms with Gasteiger partial charge in [-0.2, -0.15) is 0 Å². The van der Waals surface area contributed by atoms with Crippen molar-refractivity contribution >= 4 is 0 Å². The maximum Gasteiger partial charge on any atom is 0.157 e. The summed E-state index contributed by atoms with van der Waals surface area (Å²) in [7, 11) is 0. The molecule has 1 unspecified atom stereocenters. The molecule has 1 aliphatic heterocycles. The molecule has 4 aliphatic carbocycles. The first-order chi connectivity index (χ1) is 19.0.